The first-order chi connectivity index (χ1) is 7.17. The van der Waals surface area contributed by atoms with E-state index in [1.54, 1.807) is 0 Å². The van der Waals surface area contributed by atoms with E-state index in [1.807, 2.05) is 13.0 Å². The summed E-state index contributed by atoms with van der Waals surface area (Å²) in [5.74, 6) is 0.361. The topological polar surface area (TPSA) is 83.8 Å². The molecule has 0 radical (unpaired) electrons. The van der Waals surface area contributed by atoms with Crippen LogP contribution in [-0.2, 0) is 11.2 Å². The number of aromatic nitrogens is 2. The minimum atomic E-state index is -0.462. The summed E-state index contributed by atoms with van der Waals surface area (Å²) in [6.45, 7) is 3.96. The molecule has 1 aromatic heterocycles. The third-order valence-electron chi connectivity index (χ3n) is 2.18. The quantitative estimate of drug-likeness (QED) is 0.679. The molecule has 0 fully saturated rings. The van der Waals surface area contributed by atoms with Gasteiger partial charge in [-0.1, -0.05) is 20.3 Å². The predicted molar refractivity (Wildman–Crippen MR) is 59.5 cm³/mol. The fraction of sp³-hybridized carbons (Fsp3) is 0.600. The lowest BCUT2D eigenvalue weighted by Gasteiger charge is -2.06. The zero-order chi connectivity index (χ0) is 11.3. The van der Waals surface area contributed by atoms with Crippen LogP contribution in [0.4, 0.5) is 5.82 Å². The Morgan fingerprint density at radius 3 is 3.00 bits per heavy atom. The van der Waals surface area contributed by atoms with Crippen molar-refractivity contribution >= 4 is 11.7 Å². The Kier molecular flexibility index (Phi) is 4.30. The summed E-state index contributed by atoms with van der Waals surface area (Å²) in [6.07, 6.45) is 2.60. The van der Waals surface area contributed by atoms with Crippen LogP contribution in [0.5, 0.6) is 0 Å². The monoisotopic (exact) mass is 210 g/mol. The largest absolute Gasteiger partial charge is 0.320 e. The second kappa shape index (κ2) is 5.50. The second-order valence-electron chi connectivity index (χ2n) is 3.53. The Morgan fingerprint density at radius 2 is 2.40 bits per heavy atom. The summed E-state index contributed by atoms with van der Waals surface area (Å²) in [5.41, 5.74) is 6.61. The number of nitrogens with one attached hydrogen (secondary N) is 2. The van der Waals surface area contributed by atoms with Crippen molar-refractivity contribution in [2.45, 2.75) is 39.2 Å². The van der Waals surface area contributed by atoms with E-state index in [0.29, 0.717) is 12.2 Å². The van der Waals surface area contributed by atoms with Gasteiger partial charge in [0, 0.05) is 11.8 Å². The van der Waals surface area contributed by atoms with Crippen LogP contribution in [0.25, 0.3) is 0 Å². The minimum absolute atomic E-state index is 0.188. The lowest BCUT2D eigenvalue weighted by Crippen LogP contribution is -2.34. The standard InChI is InChI=1S/C10H18N4O/c1-3-5-7-6-9(14-13-7)12-10(15)8(11)4-2/h6,8H,3-5,11H2,1-2H3,(H2,12,13,14,15)/t8-/m1/s1. The zero-order valence-corrected chi connectivity index (χ0v) is 9.21. The number of hydrogen-bond acceptors (Lipinski definition) is 3. The maximum absolute atomic E-state index is 11.4. The molecule has 0 aliphatic heterocycles. The lowest BCUT2D eigenvalue weighted by atomic mass is 10.2. The Morgan fingerprint density at radius 1 is 1.67 bits per heavy atom. The summed E-state index contributed by atoms with van der Waals surface area (Å²) in [7, 11) is 0. The number of aryl methyl sites for hydroxylation is 1. The van der Waals surface area contributed by atoms with Gasteiger partial charge >= 0.3 is 0 Å². The molecule has 1 aromatic rings. The molecule has 0 bridgehead atoms. The highest BCUT2D eigenvalue weighted by Gasteiger charge is 2.12. The van der Waals surface area contributed by atoms with Gasteiger partial charge in [0.2, 0.25) is 5.91 Å². The van der Waals surface area contributed by atoms with E-state index >= 15 is 0 Å². The van der Waals surface area contributed by atoms with Crippen molar-refractivity contribution in [2.75, 3.05) is 5.32 Å². The summed E-state index contributed by atoms with van der Waals surface area (Å²) in [6, 6.07) is 1.38. The van der Waals surface area contributed by atoms with Crippen LogP contribution in [0.1, 0.15) is 32.4 Å². The molecule has 0 saturated carbocycles. The summed E-state index contributed by atoms with van der Waals surface area (Å²) >= 11 is 0. The molecular formula is C10H18N4O. The first-order valence-corrected chi connectivity index (χ1v) is 5.28. The van der Waals surface area contributed by atoms with E-state index < -0.39 is 6.04 Å². The first-order valence-electron chi connectivity index (χ1n) is 5.28. The normalized spacial score (nSPS) is 12.5. The molecule has 0 spiro atoms. The lowest BCUT2D eigenvalue weighted by molar-refractivity contribution is -0.117. The van der Waals surface area contributed by atoms with Gasteiger partial charge in [0.15, 0.2) is 5.82 Å². The highest BCUT2D eigenvalue weighted by molar-refractivity contribution is 5.93. The van der Waals surface area contributed by atoms with Crippen LogP contribution in [0, 0.1) is 0 Å². The predicted octanol–water partition coefficient (Wildman–Crippen LogP) is 1.04. The van der Waals surface area contributed by atoms with Crippen molar-refractivity contribution in [3.05, 3.63) is 11.8 Å². The molecule has 4 N–H and O–H groups in total. The van der Waals surface area contributed by atoms with Gasteiger partial charge in [-0.05, 0) is 12.8 Å². The van der Waals surface area contributed by atoms with Crippen LogP contribution in [0.3, 0.4) is 0 Å². The SMILES string of the molecule is CCCc1cc(NC(=O)[C@H](N)CC)n[nH]1. The number of nitrogens with two attached hydrogens (primary N) is 1. The van der Waals surface area contributed by atoms with Gasteiger partial charge in [-0.15, -0.1) is 0 Å². The van der Waals surface area contributed by atoms with Crippen molar-refractivity contribution in [3.63, 3.8) is 0 Å². The molecule has 0 aromatic carbocycles. The molecule has 1 heterocycles. The molecule has 0 saturated heterocycles. The zero-order valence-electron chi connectivity index (χ0n) is 9.21. The number of aromatic amines is 1. The van der Waals surface area contributed by atoms with Crippen molar-refractivity contribution < 1.29 is 4.79 Å². The van der Waals surface area contributed by atoms with E-state index in [-0.39, 0.29) is 5.91 Å². The van der Waals surface area contributed by atoms with Crippen molar-refractivity contribution in [1.29, 1.82) is 0 Å². The van der Waals surface area contributed by atoms with Gasteiger partial charge in [0.25, 0.3) is 0 Å². The fourth-order valence-electron chi connectivity index (χ4n) is 1.23. The summed E-state index contributed by atoms with van der Waals surface area (Å²) in [4.78, 5) is 11.4. The number of anilines is 1. The third kappa shape index (κ3) is 3.36. The number of hydrogen-bond donors (Lipinski definition) is 3. The van der Waals surface area contributed by atoms with Crippen LogP contribution >= 0.6 is 0 Å². The molecule has 0 aliphatic rings. The minimum Gasteiger partial charge on any atom is -0.320 e. The number of rotatable bonds is 5. The first kappa shape index (κ1) is 11.7. The molecular weight excluding hydrogens is 192 g/mol. The van der Waals surface area contributed by atoms with Crippen molar-refractivity contribution in [3.8, 4) is 0 Å². The Labute approximate surface area is 89.4 Å². The van der Waals surface area contributed by atoms with Crippen LogP contribution in [0.2, 0.25) is 0 Å². The van der Waals surface area contributed by atoms with Crippen LogP contribution in [0.15, 0.2) is 6.07 Å². The van der Waals surface area contributed by atoms with Gasteiger partial charge in [-0.3, -0.25) is 9.89 Å². The number of carbonyl (C=O) groups is 1. The number of nitrogens with zero attached hydrogens (tertiary/aromatic N) is 1. The number of H-pyrrole nitrogens is 1. The average molecular weight is 210 g/mol. The molecule has 0 unspecified atom stereocenters. The molecule has 1 amide bonds. The molecule has 5 nitrogen and oxygen atoms in total. The molecule has 84 valence electrons. The number of amides is 1. The van der Waals surface area contributed by atoms with E-state index in [1.165, 1.54) is 0 Å². The van der Waals surface area contributed by atoms with Crippen molar-refractivity contribution in [1.82, 2.24) is 10.2 Å². The van der Waals surface area contributed by atoms with Gasteiger partial charge < -0.3 is 11.1 Å². The van der Waals surface area contributed by atoms with Gasteiger partial charge in [0.1, 0.15) is 0 Å². The molecule has 1 rings (SSSR count). The fourth-order valence-corrected chi connectivity index (χ4v) is 1.23. The highest BCUT2D eigenvalue weighted by Crippen LogP contribution is 2.07. The summed E-state index contributed by atoms with van der Waals surface area (Å²) < 4.78 is 0. The van der Waals surface area contributed by atoms with E-state index in [9.17, 15) is 4.79 Å². The Bertz CT molecular complexity index is 321. The van der Waals surface area contributed by atoms with Crippen LogP contribution < -0.4 is 11.1 Å². The van der Waals surface area contributed by atoms with Crippen LogP contribution in [-0.4, -0.2) is 22.1 Å². The van der Waals surface area contributed by atoms with Gasteiger partial charge in [0.05, 0.1) is 6.04 Å². The smallest absolute Gasteiger partial charge is 0.242 e. The van der Waals surface area contributed by atoms with E-state index in [2.05, 4.69) is 22.4 Å². The Hall–Kier alpha value is -1.36. The van der Waals surface area contributed by atoms with Gasteiger partial charge in [-0.25, -0.2) is 0 Å². The second-order valence-corrected chi connectivity index (χ2v) is 3.53. The molecule has 0 aliphatic carbocycles. The maximum Gasteiger partial charge on any atom is 0.242 e. The average Bonchev–Trinajstić information content (AvgIpc) is 2.65. The summed E-state index contributed by atoms with van der Waals surface area (Å²) in [5, 5.41) is 9.51. The number of carbonyl (C=O) groups excluding carboxylic acids is 1. The molecule has 1 atom stereocenters. The Balaban J connectivity index is 2.53. The highest BCUT2D eigenvalue weighted by atomic mass is 16.2. The maximum atomic E-state index is 11.4. The van der Waals surface area contributed by atoms with E-state index in [0.717, 1.165) is 18.5 Å². The van der Waals surface area contributed by atoms with Crippen molar-refractivity contribution in [2.24, 2.45) is 5.73 Å². The third-order valence-corrected chi connectivity index (χ3v) is 2.18. The molecule has 5 heteroatoms. The van der Waals surface area contributed by atoms with Gasteiger partial charge in [-0.2, -0.15) is 5.10 Å². The molecule has 15 heavy (non-hydrogen) atoms. The van der Waals surface area contributed by atoms with E-state index in [4.69, 9.17) is 5.73 Å².